The fraction of sp³-hybridized carbons (Fsp3) is 0.568. The van der Waals surface area contributed by atoms with Crippen LogP contribution in [0.2, 0.25) is 0 Å². The second-order valence-corrected chi connectivity index (χ2v) is 14.6. The van der Waals surface area contributed by atoms with Crippen LogP contribution < -0.4 is 20.1 Å². The van der Waals surface area contributed by atoms with E-state index in [0.29, 0.717) is 28.8 Å². The van der Waals surface area contributed by atoms with Gasteiger partial charge in [0.1, 0.15) is 47.0 Å². The molecule has 13 heteroatoms. The number of nitrogens with one attached hydrogen (secondary N) is 2. The van der Waals surface area contributed by atoms with Gasteiger partial charge in [-0.15, -0.1) is 6.58 Å². The number of hydrogen-bond acceptors (Lipinski definition) is 10. The van der Waals surface area contributed by atoms with Gasteiger partial charge in [0, 0.05) is 36.3 Å². The van der Waals surface area contributed by atoms with E-state index in [4.69, 9.17) is 18.9 Å². The number of likely N-dealkylation sites (tertiary alicyclic amines) is 1. The lowest BCUT2D eigenvalue weighted by atomic mass is 9.85. The number of hydrogen-bond donors (Lipinski definition) is 2. The Bertz CT molecular complexity index is 1700. The number of aryl methyl sites for hydroxylation is 1. The average molecular weight is 693 g/mol. The second kappa shape index (κ2) is 14.3. The normalized spacial score (nSPS) is 23.9. The Morgan fingerprint density at radius 2 is 1.78 bits per heavy atom. The molecule has 2 aromatic rings. The molecule has 5 atom stereocenters. The minimum absolute atomic E-state index is 0.0205. The summed E-state index contributed by atoms with van der Waals surface area (Å²) < 4.78 is 22.7. The third-order valence-electron chi connectivity index (χ3n) is 10.0. The summed E-state index contributed by atoms with van der Waals surface area (Å²) in [6.07, 6.45) is 3.83. The number of rotatable bonds is 11. The number of esters is 1. The second-order valence-electron chi connectivity index (χ2n) is 14.6. The topological polar surface area (TPSA) is 162 Å². The molecular formula is C37H48N4O9. The third-order valence-corrected chi connectivity index (χ3v) is 10.0. The van der Waals surface area contributed by atoms with E-state index in [2.05, 4.69) is 22.2 Å². The van der Waals surface area contributed by atoms with Gasteiger partial charge in [-0.2, -0.15) is 0 Å². The maximum Gasteiger partial charge on any atom is 0.408 e. The molecular weight excluding hydrogens is 644 g/mol. The summed E-state index contributed by atoms with van der Waals surface area (Å²) in [4.78, 5) is 72.9. The van der Waals surface area contributed by atoms with E-state index in [-0.39, 0.29) is 36.5 Å². The predicted molar refractivity (Wildman–Crippen MR) is 184 cm³/mol. The highest BCUT2D eigenvalue weighted by Crippen LogP contribution is 2.46. The van der Waals surface area contributed by atoms with Crippen LogP contribution in [-0.4, -0.2) is 90.1 Å². The first kappa shape index (κ1) is 36.6. The van der Waals surface area contributed by atoms with Crippen molar-refractivity contribution in [1.29, 1.82) is 0 Å². The monoisotopic (exact) mass is 692 g/mol. The molecule has 0 unspecified atom stereocenters. The Balaban J connectivity index is 1.48. The number of Topliss-reactive ketones (excluding diaryl/α,β-unsaturated/α-hetero) is 1. The van der Waals surface area contributed by atoms with Crippen molar-refractivity contribution in [1.82, 2.24) is 20.5 Å². The summed E-state index contributed by atoms with van der Waals surface area (Å²) in [5, 5.41) is 6.26. The Morgan fingerprint density at radius 3 is 2.36 bits per heavy atom. The van der Waals surface area contributed by atoms with Gasteiger partial charge in [0.15, 0.2) is 5.78 Å². The maximum atomic E-state index is 14.5. The molecule has 0 spiro atoms. The van der Waals surface area contributed by atoms with E-state index in [1.165, 1.54) is 18.9 Å². The Kier molecular flexibility index (Phi) is 10.5. The summed E-state index contributed by atoms with van der Waals surface area (Å²) in [7, 11) is 2.80. The molecule has 3 fully saturated rings. The molecule has 50 heavy (non-hydrogen) atoms. The largest absolute Gasteiger partial charge is 0.496 e. The van der Waals surface area contributed by atoms with Gasteiger partial charge >= 0.3 is 12.1 Å². The van der Waals surface area contributed by atoms with Crippen molar-refractivity contribution in [3.63, 3.8) is 0 Å². The third kappa shape index (κ3) is 7.27. The van der Waals surface area contributed by atoms with E-state index < -0.39 is 53.0 Å². The lowest BCUT2D eigenvalue weighted by Gasteiger charge is -2.35. The zero-order valence-corrected chi connectivity index (χ0v) is 29.9. The summed E-state index contributed by atoms with van der Waals surface area (Å²) in [5.74, 6) is -1.32. The SMILES string of the molecule is C=C[C@@H]1C[C@]1(NC(=O)[C@@H]1C[C@@H](Oc2cc(C(C)=O)nc3c(C)c(OC)ccc23)CN1C(=O)[C@@H](NC(=O)OC1CCCC1)C(C)(C)C)C(=O)OC. The highest BCUT2D eigenvalue weighted by molar-refractivity contribution is 5.99. The van der Waals surface area contributed by atoms with E-state index in [0.717, 1.165) is 31.2 Å². The number of methoxy groups -OCH3 is 2. The number of carbonyl (C=O) groups is 5. The highest BCUT2D eigenvalue weighted by Gasteiger charge is 2.62. The van der Waals surface area contributed by atoms with E-state index in [1.54, 1.807) is 31.4 Å². The van der Waals surface area contributed by atoms with Gasteiger partial charge in [0.2, 0.25) is 11.8 Å². The number of ketones is 1. The van der Waals surface area contributed by atoms with Crippen molar-refractivity contribution < 1.29 is 42.9 Å². The van der Waals surface area contributed by atoms with Crippen LogP contribution in [-0.2, 0) is 23.9 Å². The molecule has 0 radical (unpaired) electrons. The Morgan fingerprint density at radius 1 is 1.08 bits per heavy atom. The number of benzene rings is 1. The number of pyridine rings is 1. The molecule has 1 aromatic carbocycles. The quantitative estimate of drug-likeness (QED) is 0.196. The molecule has 2 saturated carbocycles. The van der Waals surface area contributed by atoms with E-state index in [1.807, 2.05) is 27.7 Å². The molecule has 3 aliphatic rings. The molecule has 0 bridgehead atoms. The average Bonchev–Trinajstić information content (AvgIpc) is 3.34. The molecule has 270 valence electrons. The summed E-state index contributed by atoms with van der Waals surface area (Å²) >= 11 is 0. The van der Waals surface area contributed by atoms with Crippen molar-refractivity contribution in [3.8, 4) is 11.5 Å². The van der Waals surface area contributed by atoms with Crippen LogP contribution in [0, 0.1) is 18.3 Å². The van der Waals surface area contributed by atoms with Crippen molar-refractivity contribution in [3.05, 3.63) is 42.1 Å². The lowest BCUT2D eigenvalue weighted by Crippen LogP contribution is -2.59. The zero-order chi connectivity index (χ0) is 36.5. The number of alkyl carbamates (subject to hydrolysis) is 1. The van der Waals surface area contributed by atoms with E-state index >= 15 is 0 Å². The minimum Gasteiger partial charge on any atom is -0.496 e. The molecule has 1 saturated heterocycles. The van der Waals surface area contributed by atoms with Crippen LogP contribution >= 0.6 is 0 Å². The molecule has 1 aromatic heterocycles. The van der Waals surface area contributed by atoms with Crippen LogP contribution in [0.25, 0.3) is 10.9 Å². The van der Waals surface area contributed by atoms with Crippen molar-refractivity contribution >= 4 is 40.6 Å². The van der Waals surface area contributed by atoms with Crippen molar-refractivity contribution in [2.75, 3.05) is 20.8 Å². The van der Waals surface area contributed by atoms with Crippen LogP contribution in [0.1, 0.15) is 82.3 Å². The Labute approximate surface area is 292 Å². The molecule has 2 N–H and O–H groups in total. The minimum atomic E-state index is -1.29. The van der Waals surface area contributed by atoms with E-state index in [9.17, 15) is 24.0 Å². The number of fused-ring (bicyclic) bond motifs is 1. The van der Waals surface area contributed by atoms with Crippen LogP contribution in [0.15, 0.2) is 30.9 Å². The first-order valence-corrected chi connectivity index (χ1v) is 17.1. The smallest absolute Gasteiger partial charge is 0.408 e. The number of amides is 3. The van der Waals surface area contributed by atoms with Crippen LogP contribution in [0.3, 0.4) is 0 Å². The fourth-order valence-corrected chi connectivity index (χ4v) is 7.04. The van der Waals surface area contributed by atoms with Gasteiger partial charge in [0.05, 0.1) is 26.3 Å². The molecule has 2 aliphatic carbocycles. The first-order chi connectivity index (χ1) is 23.6. The fourth-order valence-electron chi connectivity index (χ4n) is 7.04. The highest BCUT2D eigenvalue weighted by atomic mass is 16.6. The zero-order valence-electron chi connectivity index (χ0n) is 29.9. The van der Waals surface area contributed by atoms with Crippen LogP contribution in [0.4, 0.5) is 4.79 Å². The van der Waals surface area contributed by atoms with Gasteiger partial charge in [-0.25, -0.2) is 14.6 Å². The number of ether oxygens (including phenoxy) is 4. The number of nitrogens with zero attached hydrogens (tertiary/aromatic N) is 2. The number of aromatic nitrogens is 1. The van der Waals surface area contributed by atoms with Gasteiger partial charge in [-0.05, 0) is 56.6 Å². The summed E-state index contributed by atoms with van der Waals surface area (Å²) in [6, 6.07) is 3.00. The first-order valence-electron chi connectivity index (χ1n) is 17.1. The number of carbonyl (C=O) groups excluding carboxylic acids is 5. The lowest BCUT2D eigenvalue weighted by molar-refractivity contribution is -0.148. The standard InChI is InChI=1S/C37H48N4O9/c1-9-22-18-37(22,34(45)48-8)40-32(43)27-16-24(49-29-17-26(21(3)42)38-30-20(2)28(47-7)15-14-25(29)30)19-41(27)33(44)31(36(4,5)6)39-35(46)50-23-12-10-11-13-23/h9,14-15,17,22-24,27,31H,1,10-13,16,18-19H2,2-8H3,(H,39,46)(H,40,43)/t22-,24-,27+,31-,37-/m1/s1. The van der Waals surface area contributed by atoms with Gasteiger partial charge in [-0.3, -0.25) is 14.4 Å². The predicted octanol–water partition coefficient (Wildman–Crippen LogP) is 4.42. The maximum absolute atomic E-state index is 14.5. The molecule has 3 amide bonds. The summed E-state index contributed by atoms with van der Waals surface area (Å²) in [5.41, 5.74) is -0.628. The van der Waals surface area contributed by atoms with Crippen LogP contribution in [0.5, 0.6) is 11.5 Å². The van der Waals surface area contributed by atoms with Gasteiger partial charge in [0.25, 0.3) is 0 Å². The Hall–Kier alpha value is -4.68. The molecule has 13 nitrogen and oxygen atoms in total. The van der Waals surface area contributed by atoms with Gasteiger partial charge < -0.3 is 34.5 Å². The van der Waals surface area contributed by atoms with Gasteiger partial charge in [-0.1, -0.05) is 26.8 Å². The molecule has 1 aliphatic heterocycles. The summed E-state index contributed by atoms with van der Waals surface area (Å²) in [6.45, 7) is 12.5. The van der Waals surface area contributed by atoms with Crippen molar-refractivity contribution in [2.24, 2.45) is 11.3 Å². The molecule has 5 rings (SSSR count). The molecule has 2 heterocycles. The van der Waals surface area contributed by atoms with Crippen molar-refractivity contribution in [2.45, 2.75) is 103 Å².